The lowest BCUT2D eigenvalue weighted by Crippen LogP contribution is -2.21. The predicted octanol–water partition coefficient (Wildman–Crippen LogP) is 5.04. The van der Waals surface area contributed by atoms with Crippen LogP contribution in [0.25, 0.3) is 10.8 Å². The number of benzene rings is 2. The van der Waals surface area contributed by atoms with E-state index in [1.54, 1.807) is 17.5 Å². The van der Waals surface area contributed by atoms with Crippen molar-refractivity contribution in [2.45, 2.75) is 32.4 Å². The van der Waals surface area contributed by atoms with Gasteiger partial charge in [0.2, 0.25) is 0 Å². The quantitative estimate of drug-likeness (QED) is 0.661. The van der Waals surface area contributed by atoms with Gasteiger partial charge < -0.3 is 10.5 Å². The van der Waals surface area contributed by atoms with Gasteiger partial charge in [-0.15, -0.1) is 28.3 Å². The topological polar surface area (TPSA) is 48.1 Å². The Hall–Kier alpha value is -1.43. The summed E-state index contributed by atoms with van der Waals surface area (Å²) in [6.07, 6.45) is 2.46. The number of hydrogen-bond donors (Lipinski definition) is 1. The number of thiazole rings is 1. The first-order chi connectivity index (χ1) is 10.6. The highest BCUT2D eigenvalue weighted by Crippen LogP contribution is 2.30. The van der Waals surface area contributed by atoms with Crippen LogP contribution in [-0.2, 0) is 0 Å². The van der Waals surface area contributed by atoms with Gasteiger partial charge in [-0.1, -0.05) is 24.3 Å². The molecule has 0 aliphatic rings. The third kappa shape index (κ3) is 4.31. The van der Waals surface area contributed by atoms with Crippen LogP contribution >= 0.6 is 28.3 Å². The molecule has 23 heavy (non-hydrogen) atoms. The summed E-state index contributed by atoms with van der Waals surface area (Å²) in [5.41, 5.74) is 7.23. The van der Waals surface area contributed by atoms with Crippen molar-refractivity contribution in [2.75, 3.05) is 0 Å². The fourth-order valence-corrected chi connectivity index (χ4v) is 3.27. The Morgan fingerprint density at radius 1 is 1.26 bits per heavy atom. The fraction of sp³-hybridized carbons (Fsp3) is 0.278. The number of nitrogens with zero attached hydrogens (tertiary/aromatic N) is 1. The zero-order valence-corrected chi connectivity index (χ0v) is 15.8. The molecule has 0 saturated carbocycles. The van der Waals surface area contributed by atoms with Crippen molar-refractivity contribution < 1.29 is 4.74 Å². The van der Waals surface area contributed by atoms with Crippen molar-refractivity contribution in [2.24, 2.45) is 5.73 Å². The molecule has 3 rings (SSSR count). The van der Waals surface area contributed by atoms with Crippen LogP contribution in [0.3, 0.4) is 0 Å². The zero-order chi connectivity index (χ0) is 15.5. The van der Waals surface area contributed by atoms with E-state index in [1.165, 1.54) is 16.3 Å². The molecule has 2 unspecified atom stereocenters. The summed E-state index contributed by atoms with van der Waals surface area (Å²) in [6, 6.07) is 12.6. The lowest BCUT2D eigenvalue weighted by molar-refractivity contribution is 0.187. The number of hydrogen-bond acceptors (Lipinski definition) is 4. The number of aromatic nitrogens is 1. The molecular formula is C18H21BrN2OS. The first-order valence-electron chi connectivity index (χ1n) is 7.44. The van der Waals surface area contributed by atoms with Crippen LogP contribution in [0.1, 0.15) is 30.0 Å². The molecule has 0 amide bonds. The zero-order valence-electron chi connectivity index (χ0n) is 13.2. The van der Waals surface area contributed by atoms with Crippen LogP contribution in [0.15, 0.2) is 48.0 Å². The minimum Gasteiger partial charge on any atom is -0.483 e. The van der Waals surface area contributed by atoms with Gasteiger partial charge in [-0.25, -0.2) is 4.98 Å². The lowest BCUT2D eigenvalue weighted by Gasteiger charge is -2.19. The summed E-state index contributed by atoms with van der Waals surface area (Å²) in [6.45, 7) is 4.12. The molecule has 1 aromatic heterocycles. The Labute approximate surface area is 151 Å². The third-order valence-corrected chi connectivity index (χ3v) is 4.53. The summed E-state index contributed by atoms with van der Waals surface area (Å²) in [5, 5.41) is 5.39. The van der Waals surface area contributed by atoms with Gasteiger partial charge >= 0.3 is 0 Å². The normalized spacial score (nSPS) is 13.3. The van der Waals surface area contributed by atoms with Crippen LogP contribution in [0, 0.1) is 6.92 Å². The SMILES string of the molecule is Br.Cc1cccc2cc(OC(CC(C)N)c3nccs3)ccc12. The van der Waals surface area contributed by atoms with E-state index >= 15 is 0 Å². The molecule has 0 aliphatic heterocycles. The van der Waals surface area contributed by atoms with Crippen LogP contribution < -0.4 is 10.5 Å². The second-order valence-electron chi connectivity index (χ2n) is 5.65. The van der Waals surface area contributed by atoms with E-state index in [9.17, 15) is 0 Å². The Morgan fingerprint density at radius 3 is 2.78 bits per heavy atom. The highest BCUT2D eigenvalue weighted by molar-refractivity contribution is 8.93. The summed E-state index contributed by atoms with van der Waals surface area (Å²) >= 11 is 1.61. The van der Waals surface area contributed by atoms with Gasteiger partial charge in [-0.05, 0) is 42.3 Å². The van der Waals surface area contributed by atoms with Gasteiger partial charge in [-0.2, -0.15) is 0 Å². The molecule has 0 radical (unpaired) electrons. The number of nitrogens with two attached hydrogens (primary N) is 1. The van der Waals surface area contributed by atoms with Crippen molar-refractivity contribution >= 4 is 39.1 Å². The van der Waals surface area contributed by atoms with Crippen LogP contribution in [0.2, 0.25) is 0 Å². The molecule has 2 N–H and O–H groups in total. The maximum absolute atomic E-state index is 6.19. The molecule has 122 valence electrons. The van der Waals surface area contributed by atoms with E-state index < -0.39 is 0 Å². The minimum absolute atomic E-state index is 0. The van der Waals surface area contributed by atoms with Crippen molar-refractivity contribution in [1.29, 1.82) is 0 Å². The Kier molecular flexibility index (Phi) is 6.16. The van der Waals surface area contributed by atoms with Crippen LogP contribution in [-0.4, -0.2) is 11.0 Å². The summed E-state index contributed by atoms with van der Waals surface area (Å²) < 4.78 is 6.19. The number of fused-ring (bicyclic) bond motifs is 1. The van der Waals surface area contributed by atoms with Crippen molar-refractivity contribution in [3.63, 3.8) is 0 Å². The monoisotopic (exact) mass is 392 g/mol. The van der Waals surface area contributed by atoms with Crippen LogP contribution in [0.5, 0.6) is 5.75 Å². The summed E-state index contributed by atoms with van der Waals surface area (Å²) in [4.78, 5) is 4.38. The number of rotatable bonds is 5. The second kappa shape index (κ2) is 7.90. The Balaban J connectivity index is 0.00000192. The highest BCUT2D eigenvalue weighted by Gasteiger charge is 2.18. The molecule has 3 nitrogen and oxygen atoms in total. The van der Waals surface area contributed by atoms with Crippen molar-refractivity contribution in [3.8, 4) is 5.75 Å². The van der Waals surface area contributed by atoms with Gasteiger partial charge in [0.1, 0.15) is 10.8 Å². The fourth-order valence-electron chi connectivity index (χ4n) is 2.59. The van der Waals surface area contributed by atoms with Gasteiger partial charge in [0.15, 0.2) is 6.10 Å². The largest absolute Gasteiger partial charge is 0.483 e. The summed E-state index contributed by atoms with van der Waals surface area (Å²) in [5.74, 6) is 0.860. The number of ether oxygens (including phenoxy) is 1. The van der Waals surface area contributed by atoms with Gasteiger partial charge in [0.25, 0.3) is 0 Å². The maximum Gasteiger partial charge on any atom is 0.151 e. The van der Waals surface area contributed by atoms with Gasteiger partial charge in [0.05, 0.1) is 0 Å². The van der Waals surface area contributed by atoms with E-state index in [2.05, 4.69) is 42.2 Å². The number of aryl methyl sites for hydroxylation is 1. The molecule has 0 spiro atoms. The molecule has 0 fully saturated rings. The Morgan fingerprint density at radius 2 is 2.09 bits per heavy atom. The standard InChI is InChI=1S/C18H20N2OS.BrH/c1-12-4-3-5-14-11-15(6-7-16(12)14)21-17(10-13(2)19)18-20-8-9-22-18;/h3-9,11,13,17H,10,19H2,1-2H3;1H. The molecular weight excluding hydrogens is 372 g/mol. The highest BCUT2D eigenvalue weighted by atomic mass is 79.9. The van der Waals surface area contributed by atoms with Crippen molar-refractivity contribution in [1.82, 2.24) is 4.98 Å². The smallest absolute Gasteiger partial charge is 0.151 e. The van der Waals surface area contributed by atoms with E-state index in [4.69, 9.17) is 10.5 Å². The Bertz CT molecular complexity index is 759. The first kappa shape index (κ1) is 17.9. The molecule has 3 aromatic rings. The van der Waals surface area contributed by atoms with Gasteiger partial charge in [-0.3, -0.25) is 0 Å². The summed E-state index contributed by atoms with van der Waals surface area (Å²) in [7, 11) is 0. The van der Waals surface area contributed by atoms with Crippen molar-refractivity contribution in [3.05, 3.63) is 58.5 Å². The average molecular weight is 393 g/mol. The molecule has 2 aromatic carbocycles. The minimum atomic E-state index is -0.0951. The van der Waals surface area contributed by atoms with Crippen LogP contribution in [0.4, 0.5) is 0 Å². The van der Waals surface area contributed by atoms with Gasteiger partial charge in [0, 0.05) is 24.0 Å². The molecule has 0 saturated heterocycles. The number of halogens is 1. The molecule has 2 atom stereocenters. The predicted molar refractivity (Wildman–Crippen MR) is 103 cm³/mol. The van der Waals surface area contributed by atoms with E-state index in [0.29, 0.717) is 0 Å². The van der Waals surface area contributed by atoms with E-state index in [-0.39, 0.29) is 29.1 Å². The third-order valence-electron chi connectivity index (χ3n) is 3.66. The average Bonchev–Trinajstić information content (AvgIpc) is 3.00. The second-order valence-corrected chi connectivity index (χ2v) is 6.57. The maximum atomic E-state index is 6.19. The lowest BCUT2D eigenvalue weighted by atomic mass is 10.1. The molecule has 0 aliphatic carbocycles. The van der Waals surface area contributed by atoms with E-state index in [0.717, 1.165) is 17.2 Å². The first-order valence-corrected chi connectivity index (χ1v) is 8.32. The van der Waals surface area contributed by atoms with E-state index in [1.807, 2.05) is 18.4 Å². The molecule has 1 heterocycles. The molecule has 5 heteroatoms. The molecule has 0 bridgehead atoms.